The van der Waals surface area contributed by atoms with Gasteiger partial charge in [0.25, 0.3) is 0 Å². The molecule has 0 aliphatic heterocycles. The van der Waals surface area contributed by atoms with E-state index in [-0.39, 0.29) is 6.04 Å². The molecule has 2 aromatic rings. The first-order chi connectivity index (χ1) is 11.2. The lowest BCUT2D eigenvalue weighted by Crippen LogP contribution is -2.38. The Labute approximate surface area is 139 Å². The van der Waals surface area contributed by atoms with Gasteiger partial charge in [-0.05, 0) is 36.8 Å². The predicted octanol–water partition coefficient (Wildman–Crippen LogP) is 4.48. The lowest BCUT2D eigenvalue weighted by atomic mass is 9.80. The second kappa shape index (κ2) is 7.29. The second-order valence-electron chi connectivity index (χ2n) is 6.64. The molecule has 1 fully saturated rings. The van der Waals surface area contributed by atoms with Crippen molar-refractivity contribution in [1.82, 2.24) is 0 Å². The van der Waals surface area contributed by atoms with Gasteiger partial charge in [-0.2, -0.15) is 0 Å². The van der Waals surface area contributed by atoms with Crippen LogP contribution in [-0.4, -0.2) is 12.6 Å². The van der Waals surface area contributed by atoms with Gasteiger partial charge in [-0.25, -0.2) is 0 Å². The summed E-state index contributed by atoms with van der Waals surface area (Å²) in [5.74, 6) is 0.830. The second-order valence-corrected chi connectivity index (χ2v) is 6.64. The average molecular weight is 309 g/mol. The molecule has 0 radical (unpaired) electrons. The minimum atomic E-state index is -0.453. The third kappa shape index (κ3) is 3.82. The molecule has 1 aliphatic carbocycles. The summed E-state index contributed by atoms with van der Waals surface area (Å²) in [6.45, 7) is 2.73. The smallest absolute Gasteiger partial charge is 0.120 e. The van der Waals surface area contributed by atoms with Crippen LogP contribution in [0.25, 0.3) is 0 Å². The van der Waals surface area contributed by atoms with Crippen molar-refractivity contribution in [3.8, 4) is 0 Å². The predicted molar refractivity (Wildman–Crippen MR) is 95.2 cm³/mol. The molecule has 122 valence electrons. The summed E-state index contributed by atoms with van der Waals surface area (Å²) in [5.41, 5.74) is 8.46. The van der Waals surface area contributed by atoms with Crippen LogP contribution in [-0.2, 0) is 10.3 Å². The number of hydrogen-bond acceptors (Lipinski definition) is 2. The fourth-order valence-corrected chi connectivity index (χ4v) is 3.52. The zero-order valence-corrected chi connectivity index (χ0v) is 13.9. The highest BCUT2D eigenvalue weighted by atomic mass is 16.5. The van der Waals surface area contributed by atoms with Gasteiger partial charge < -0.3 is 10.5 Å². The lowest BCUT2D eigenvalue weighted by Gasteiger charge is -2.37. The van der Waals surface area contributed by atoms with Crippen LogP contribution in [0.15, 0.2) is 60.7 Å². The zero-order chi connectivity index (χ0) is 16.1. The van der Waals surface area contributed by atoms with E-state index in [4.69, 9.17) is 10.5 Å². The Hall–Kier alpha value is -1.64. The fraction of sp³-hybridized carbons (Fsp3) is 0.429. The molecular weight excluding hydrogens is 282 g/mol. The fourth-order valence-electron chi connectivity index (χ4n) is 3.52. The molecule has 0 aromatic heterocycles. The minimum absolute atomic E-state index is 0.162. The normalized spacial score (nSPS) is 16.3. The maximum atomic E-state index is 6.53. The first-order valence-corrected chi connectivity index (χ1v) is 8.75. The molecule has 2 aromatic carbocycles. The zero-order valence-electron chi connectivity index (χ0n) is 13.9. The molecule has 23 heavy (non-hydrogen) atoms. The van der Waals surface area contributed by atoms with Gasteiger partial charge in [-0.15, -0.1) is 0 Å². The van der Waals surface area contributed by atoms with Crippen molar-refractivity contribution >= 4 is 0 Å². The Kier molecular flexibility index (Phi) is 5.14. The third-order valence-electron chi connectivity index (χ3n) is 4.75. The van der Waals surface area contributed by atoms with Gasteiger partial charge in [0, 0.05) is 12.6 Å². The van der Waals surface area contributed by atoms with E-state index < -0.39 is 5.60 Å². The van der Waals surface area contributed by atoms with Crippen molar-refractivity contribution in [2.75, 3.05) is 6.61 Å². The molecule has 0 saturated heterocycles. The third-order valence-corrected chi connectivity index (χ3v) is 4.75. The molecule has 1 atom stereocenters. The van der Waals surface area contributed by atoms with Gasteiger partial charge in [0.05, 0.1) is 0 Å². The van der Waals surface area contributed by atoms with Crippen molar-refractivity contribution in [1.29, 1.82) is 0 Å². The molecule has 0 heterocycles. The van der Waals surface area contributed by atoms with Crippen LogP contribution in [0.5, 0.6) is 0 Å². The Balaban J connectivity index is 1.98. The van der Waals surface area contributed by atoms with E-state index in [9.17, 15) is 0 Å². The highest BCUT2D eigenvalue weighted by Gasteiger charge is 2.38. The van der Waals surface area contributed by atoms with Crippen LogP contribution in [0, 0.1) is 5.92 Å². The van der Waals surface area contributed by atoms with Crippen LogP contribution in [0.4, 0.5) is 0 Å². The first-order valence-electron chi connectivity index (χ1n) is 8.75. The van der Waals surface area contributed by atoms with E-state index in [0.717, 1.165) is 18.8 Å². The standard InChI is InChI=1S/C21H27NO/c1-2-23-21(18-9-5-3-6-10-18,19-11-7-4-8-12-19)16-20(22)15-17-13-14-17/h3-12,17,20H,2,13-16,22H2,1H3. The Morgan fingerprint density at radius 1 is 1.00 bits per heavy atom. The summed E-state index contributed by atoms with van der Waals surface area (Å²) in [7, 11) is 0. The quantitative estimate of drug-likeness (QED) is 0.780. The van der Waals surface area contributed by atoms with E-state index in [1.807, 2.05) is 0 Å². The van der Waals surface area contributed by atoms with Gasteiger partial charge >= 0.3 is 0 Å². The molecule has 0 spiro atoms. The monoisotopic (exact) mass is 309 g/mol. The molecule has 0 bridgehead atoms. The highest BCUT2D eigenvalue weighted by molar-refractivity contribution is 5.36. The van der Waals surface area contributed by atoms with Gasteiger partial charge in [0.15, 0.2) is 0 Å². The summed E-state index contributed by atoms with van der Waals surface area (Å²) in [6, 6.07) is 21.2. The Morgan fingerprint density at radius 2 is 1.52 bits per heavy atom. The van der Waals surface area contributed by atoms with Gasteiger partial charge in [0.1, 0.15) is 5.60 Å². The van der Waals surface area contributed by atoms with Gasteiger partial charge in [-0.3, -0.25) is 0 Å². The van der Waals surface area contributed by atoms with Crippen molar-refractivity contribution in [3.05, 3.63) is 71.8 Å². The molecule has 2 heteroatoms. The number of nitrogens with two attached hydrogens (primary N) is 1. The average Bonchev–Trinajstić information content (AvgIpc) is 3.40. The van der Waals surface area contributed by atoms with E-state index in [0.29, 0.717) is 6.61 Å². The van der Waals surface area contributed by atoms with Crippen LogP contribution < -0.4 is 5.73 Å². The SMILES string of the molecule is CCOC(CC(N)CC1CC1)(c1ccccc1)c1ccccc1. The lowest BCUT2D eigenvalue weighted by molar-refractivity contribution is -0.0230. The van der Waals surface area contributed by atoms with Crippen LogP contribution in [0.2, 0.25) is 0 Å². The first kappa shape index (κ1) is 16.2. The van der Waals surface area contributed by atoms with Crippen molar-refractivity contribution < 1.29 is 4.74 Å². The van der Waals surface area contributed by atoms with Crippen molar-refractivity contribution in [2.24, 2.45) is 11.7 Å². The van der Waals surface area contributed by atoms with Crippen LogP contribution >= 0.6 is 0 Å². The molecule has 2 N–H and O–H groups in total. The van der Waals surface area contributed by atoms with Gasteiger partial charge in [-0.1, -0.05) is 73.5 Å². The van der Waals surface area contributed by atoms with E-state index in [2.05, 4.69) is 67.6 Å². The maximum Gasteiger partial charge on any atom is 0.120 e. The molecule has 0 amide bonds. The Bertz CT molecular complexity index is 552. The molecule has 2 nitrogen and oxygen atoms in total. The Morgan fingerprint density at radius 3 is 1.96 bits per heavy atom. The molecular formula is C21H27NO. The number of hydrogen-bond donors (Lipinski definition) is 1. The van der Waals surface area contributed by atoms with Crippen molar-refractivity contribution in [2.45, 2.75) is 44.2 Å². The maximum absolute atomic E-state index is 6.53. The number of rotatable bonds is 8. The molecule has 1 aliphatic rings. The number of benzene rings is 2. The molecule has 3 rings (SSSR count). The summed E-state index contributed by atoms with van der Waals surface area (Å²) in [4.78, 5) is 0. The van der Waals surface area contributed by atoms with E-state index >= 15 is 0 Å². The van der Waals surface area contributed by atoms with Gasteiger partial charge in [0.2, 0.25) is 0 Å². The number of ether oxygens (including phenoxy) is 1. The van der Waals surface area contributed by atoms with Crippen LogP contribution in [0.1, 0.15) is 43.7 Å². The summed E-state index contributed by atoms with van der Waals surface area (Å²) in [5, 5.41) is 0. The van der Waals surface area contributed by atoms with E-state index in [1.54, 1.807) is 0 Å². The van der Waals surface area contributed by atoms with Crippen molar-refractivity contribution in [3.63, 3.8) is 0 Å². The molecule has 1 saturated carbocycles. The largest absolute Gasteiger partial charge is 0.366 e. The molecule has 1 unspecified atom stereocenters. The van der Waals surface area contributed by atoms with Crippen LogP contribution in [0.3, 0.4) is 0 Å². The van der Waals surface area contributed by atoms with E-state index in [1.165, 1.54) is 24.0 Å². The topological polar surface area (TPSA) is 35.2 Å². The summed E-state index contributed by atoms with van der Waals surface area (Å²) in [6.07, 6.45) is 4.61. The highest BCUT2D eigenvalue weighted by Crippen LogP contribution is 2.41. The summed E-state index contributed by atoms with van der Waals surface area (Å²) >= 11 is 0. The minimum Gasteiger partial charge on any atom is -0.366 e. The summed E-state index contributed by atoms with van der Waals surface area (Å²) < 4.78 is 6.39.